The third kappa shape index (κ3) is 4.94. The molecular formula is C28H26F3N5O2S. The number of halogens is 3. The normalized spacial score (nSPS) is 15.7. The molecule has 202 valence electrons. The van der Waals surface area contributed by atoms with Crippen molar-refractivity contribution in [1.29, 1.82) is 0 Å². The Balaban J connectivity index is 1.48. The van der Waals surface area contributed by atoms with Crippen LogP contribution in [0.5, 0.6) is 0 Å². The number of rotatable bonds is 6. The Bertz CT molecular complexity index is 1570. The number of thiophene rings is 1. The van der Waals surface area contributed by atoms with Gasteiger partial charge in [0.15, 0.2) is 5.82 Å². The third-order valence-electron chi connectivity index (χ3n) is 6.99. The molecule has 3 heterocycles. The summed E-state index contributed by atoms with van der Waals surface area (Å²) in [6.07, 6.45) is -4.36. The van der Waals surface area contributed by atoms with Crippen molar-refractivity contribution in [3.63, 3.8) is 0 Å². The second-order valence-electron chi connectivity index (χ2n) is 9.58. The summed E-state index contributed by atoms with van der Waals surface area (Å²) in [5, 5.41) is 22.5. The number of nitrogens with zero attached hydrogens (tertiary/aromatic N) is 4. The van der Waals surface area contributed by atoms with Crippen LogP contribution in [0, 0.1) is 26.7 Å². The maximum absolute atomic E-state index is 12.8. The molecule has 1 unspecified atom stereocenters. The van der Waals surface area contributed by atoms with Crippen LogP contribution in [0.2, 0.25) is 0 Å². The van der Waals surface area contributed by atoms with Crippen LogP contribution in [0.15, 0.2) is 53.5 Å². The van der Waals surface area contributed by atoms with Crippen LogP contribution in [-0.2, 0) is 17.5 Å². The van der Waals surface area contributed by atoms with Gasteiger partial charge in [-0.3, -0.25) is 14.4 Å². The average molecular weight is 554 g/mol. The Morgan fingerprint density at radius 3 is 2.36 bits per heavy atom. The zero-order valence-electron chi connectivity index (χ0n) is 21.7. The number of aromatic nitrogens is 3. The lowest BCUT2D eigenvalue weighted by Crippen LogP contribution is -2.21. The fourth-order valence-electron chi connectivity index (χ4n) is 4.58. The number of aliphatic imine (C=N–C) groups is 1. The quantitative estimate of drug-likeness (QED) is 0.285. The number of carbonyl (C=O) groups is 1. The Morgan fingerprint density at radius 1 is 1.08 bits per heavy atom. The van der Waals surface area contributed by atoms with Gasteiger partial charge in [0.1, 0.15) is 16.9 Å². The molecule has 2 atom stereocenters. The molecule has 0 bridgehead atoms. The standard InChI is InChI=1S/C28H26F3N5O2S/c1-14-16(3)39-26-22(14)24(33-23(15(2)27(37)38)25-35-34-17(4)36(25)26)19-7-11-21(12-8-19)32-13-18-5-9-20(10-6-18)28(29,30)31/h5-12,15,23,32H,13H2,1-4H3,(H,37,38)/t15-,23?/m0/s1. The van der Waals surface area contributed by atoms with Gasteiger partial charge < -0.3 is 10.4 Å². The highest BCUT2D eigenvalue weighted by atomic mass is 32.1. The van der Waals surface area contributed by atoms with Gasteiger partial charge >= 0.3 is 12.1 Å². The summed E-state index contributed by atoms with van der Waals surface area (Å²) in [7, 11) is 0. The van der Waals surface area contributed by atoms with Gasteiger partial charge in [-0.25, -0.2) is 0 Å². The second-order valence-corrected chi connectivity index (χ2v) is 10.8. The number of anilines is 1. The second kappa shape index (κ2) is 9.96. The predicted octanol–water partition coefficient (Wildman–Crippen LogP) is 6.50. The fraction of sp³-hybridized carbons (Fsp3) is 0.286. The van der Waals surface area contributed by atoms with Crippen LogP contribution in [0.1, 0.15) is 57.3 Å². The molecule has 0 aliphatic carbocycles. The molecule has 7 nitrogen and oxygen atoms in total. The summed E-state index contributed by atoms with van der Waals surface area (Å²) >= 11 is 1.60. The van der Waals surface area contributed by atoms with Gasteiger partial charge in [0.05, 0.1) is 17.2 Å². The molecule has 0 spiro atoms. The minimum absolute atomic E-state index is 0.358. The van der Waals surface area contributed by atoms with Crippen LogP contribution in [0.3, 0.4) is 0 Å². The highest BCUT2D eigenvalue weighted by Gasteiger charge is 2.36. The number of carboxylic acid groups (broad SMARTS) is 1. The van der Waals surface area contributed by atoms with Gasteiger partial charge in [-0.15, -0.1) is 21.5 Å². The molecule has 0 saturated carbocycles. The van der Waals surface area contributed by atoms with E-state index in [1.807, 2.05) is 49.6 Å². The number of fused-ring (bicyclic) bond motifs is 3. The van der Waals surface area contributed by atoms with E-state index in [1.54, 1.807) is 18.3 Å². The third-order valence-corrected chi connectivity index (χ3v) is 8.18. The monoisotopic (exact) mass is 553 g/mol. The van der Waals surface area contributed by atoms with E-state index in [2.05, 4.69) is 15.5 Å². The van der Waals surface area contributed by atoms with E-state index in [0.717, 1.165) is 50.0 Å². The van der Waals surface area contributed by atoms with Crippen molar-refractivity contribution in [2.45, 2.75) is 46.5 Å². The van der Waals surface area contributed by atoms with Crippen LogP contribution in [0.25, 0.3) is 5.00 Å². The molecule has 4 aromatic rings. The smallest absolute Gasteiger partial charge is 0.416 e. The van der Waals surface area contributed by atoms with Gasteiger partial charge in [0, 0.05) is 28.2 Å². The number of aryl methyl sites for hydroxylation is 2. The lowest BCUT2D eigenvalue weighted by Gasteiger charge is -2.16. The highest BCUT2D eigenvalue weighted by Crippen LogP contribution is 2.40. The van der Waals surface area contributed by atoms with Crippen molar-refractivity contribution in [3.8, 4) is 5.00 Å². The van der Waals surface area contributed by atoms with E-state index in [9.17, 15) is 23.1 Å². The summed E-state index contributed by atoms with van der Waals surface area (Å²) < 4.78 is 40.4. The van der Waals surface area contributed by atoms with Gasteiger partial charge in [0.25, 0.3) is 0 Å². The predicted molar refractivity (Wildman–Crippen MR) is 144 cm³/mol. The van der Waals surface area contributed by atoms with Crippen LogP contribution in [-0.4, -0.2) is 31.6 Å². The summed E-state index contributed by atoms with van der Waals surface area (Å²) in [6.45, 7) is 7.89. The minimum Gasteiger partial charge on any atom is -0.481 e. The van der Waals surface area contributed by atoms with Crippen molar-refractivity contribution in [1.82, 2.24) is 14.8 Å². The first-order chi connectivity index (χ1) is 18.5. The van der Waals surface area contributed by atoms with Gasteiger partial charge in [-0.1, -0.05) is 24.3 Å². The first-order valence-corrected chi connectivity index (χ1v) is 13.1. The van der Waals surface area contributed by atoms with Gasteiger partial charge in [-0.05, 0) is 63.1 Å². The largest absolute Gasteiger partial charge is 0.481 e. The molecule has 0 saturated heterocycles. The molecule has 1 aliphatic rings. The molecule has 0 fully saturated rings. The van der Waals surface area contributed by atoms with E-state index in [-0.39, 0.29) is 0 Å². The van der Waals surface area contributed by atoms with Crippen LogP contribution in [0.4, 0.5) is 18.9 Å². The summed E-state index contributed by atoms with van der Waals surface area (Å²) in [6, 6.07) is 11.9. The van der Waals surface area contributed by atoms with Crippen LogP contribution < -0.4 is 5.32 Å². The molecule has 0 radical (unpaired) electrons. The number of aliphatic carboxylic acids is 1. The Hall–Kier alpha value is -3.99. The maximum atomic E-state index is 12.8. The highest BCUT2D eigenvalue weighted by molar-refractivity contribution is 7.15. The fourth-order valence-corrected chi connectivity index (χ4v) is 5.79. The van der Waals surface area contributed by atoms with Crippen molar-refractivity contribution in [2.24, 2.45) is 10.9 Å². The minimum atomic E-state index is -4.36. The zero-order valence-corrected chi connectivity index (χ0v) is 22.5. The lowest BCUT2D eigenvalue weighted by atomic mass is 9.98. The van der Waals surface area contributed by atoms with Gasteiger partial charge in [0.2, 0.25) is 0 Å². The SMILES string of the molecule is Cc1sc2c(c1C)C(c1ccc(NCc3ccc(C(F)(F)F)cc3)cc1)=NC([C@H](C)C(=O)O)c1nnc(C)n1-2. The topological polar surface area (TPSA) is 92.4 Å². The number of benzene rings is 2. The number of hydrogen-bond donors (Lipinski definition) is 2. The molecule has 2 aromatic carbocycles. The Labute approximate surface area is 227 Å². The lowest BCUT2D eigenvalue weighted by molar-refractivity contribution is -0.142. The van der Waals surface area contributed by atoms with E-state index < -0.39 is 29.7 Å². The van der Waals surface area contributed by atoms with Crippen molar-refractivity contribution in [3.05, 3.63) is 92.9 Å². The molecule has 0 amide bonds. The van der Waals surface area contributed by atoms with E-state index in [4.69, 9.17) is 4.99 Å². The number of carboxylic acids is 1. The van der Waals surface area contributed by atoms with E-state index in [0.29, 0.717) is 23.9 Å². The Kier molecular flexibility index (Phi) is 6.79. The molecule has 39 heavy (non-hydrogen) atoms. The van der Waals surface area contributed by atoms with Crippen molar-refractivity contribution < 1.29 is 23.1 Å². The molecule has 11 heteroatoms. The first kappa shape index (κ1) is 26.6. The number of nitrogens with one attached hydrogen (secondary N) is 1. The maximum Gasteiger partial charge on any atom is 0.416 e. The molecule has 1 aliphatic heterocycles. The van der Waals surface area contributed by atoms with Gasteiger partial charge in [-0.2, -0.15) is 13.2 Å². The number of alkyl halides is 3. The molecule has 5 rings (SSSR count). The average Bonchev–Trinajstić information content (AvgIpc) is 3.37. The number of hydrogen-bond acceptors (Lipinski definition) is 6. The molecular weight excluding hydrogens is 527 g/mol. The zero-order chi connectivity index (χ0) is 28.1. The van der Waals surface area contributed by atoms with Crippen molar-refractivity contribution in [2.75, 3.05) is 5.32 Å². The summed E-state index contributed by atoms with van der Waals surface area (Å²) in [4.78, 5) is 18.1. The summed E-state index contributed by atoms with van der Waals surface area (Å²) in [5.41, 5.74) is 4.31. The van der Waals surface area contributed by atoms with Crippen LogP contribution >= 0.6 is 11.3 Å². The van der Waals surface area contributed by atoms with Crippen molar-refractivity contribution >= 4 is 28.7 Å². The van der Waals surface area contributed by atoms with E-state index in [1.165, 1.54) is 12.1 Å². The molecule has 2 N–H and O–H groups in total. The molecule has 2 aromatic heterocycles. The summed E-state index contributed by atoms with van der Waals surface area (Å²) in [5.74, 6) is -0.650. The Morgan fingerprint density at radius 2 is 1.74 bits per heavy atom. The van der Waals surface area contributed by atoms with E-state index >= 15 is 0 Å². The first-order valence-electron chi connectivity index (χ1n) is 12.3.